The van der Waals surface area contributed by atoms with Gasteiger partial charge in [-0.1, -0.05) is 12.1 Å². The third kappa shape index (κ3) is 7.97. The second kappa shape index (κ2) is 11.7. The van der Waals surface area contributed by atoms with E-state index in [1.807, 2.05) is 0 Å². The lowest BCUT2D eigenvalue weighted by atomic mass is 10.1. The Morgan fingerprint density at radius 1 is 1.26 bits per heavy atom. The average molecular weight is 443 g/mol. The number of hydrogen-bond acceptors (Lipinski definition) is 4. The molecule has 1 aromatic rings. The Bertz CT molecular complexity index is 691. The third-order valence-corrected chi connectivity index (χ3v) is 5.66. The van der Waals surface area contributed by atoms with Gasteiger partial charge in [-0.2, -0.15) is 13.2 Å². The summed E-state index contributed by atoms with van der Waals surface area (Å²) >= 11 is 0. The van der Waals surface area contributed by atoms with E-state index in [0.717, 1.165) is 82.4 Å². The van der Waals surface area contributed by atoms with E-state index in [2.05, 4.69) is 20.5 Å². The second-order valence-electron chi connectivity index (χ2n) is 8.22. The van der Waals surface area contributed by atoms with E-state index in [0.29, 0.717) is 19.1 Å². The first kappa shape index (κ1) is 23.8. The summed E-state index contributed by atoms with van der Waals surface area (Å²) in [5.41, 5.74) is 0.283. The number of aliphatic imine (C=N–C) groups is 1. The van der Waals surface area contributed by atoms with E-state index in [1.54, 1.807) is 19.2 Å². The molecule has 2 N–H and O–H groups in total. The van der Waals surface area contributed by atoms with Crippen LogP contribution >= 0.6 is 0 Å². The van der Waals surface area contributed by atoms with Crippen LogP contribution in [0.5, 0.6) is 0 Å². The first-order valence-electron chi connectivity index (χ1n) is 10.9. The monoisotopic (exact) mass is 442 g/mol. The molecule has 3 rings (SSSR count). The van der Waals surface area contributed by atoms with Crippen LogP contribution in [0.15, 0.2) is 29.3 Å². The molecule has 174 valence electrons. The quantitative estimate of drug-likeness (QED) is 0.350. The standard InChI is InChI=1S/C22H33F3N4O2/c1-26-21(27-9-2-11-30-15-18-8-12-31-16-18)28-20-7-10-29(14-20)13-17-3-5-19(6-4-17)22(23,24)25/h3-6,18,20H,2,7-16H2,1H3,(H2,26,27,28). The van der Waals surface area contributed by atoms with Crippen molar-refractivity contribution in [1.29, 1.82) is 0 Å². The highest BCUT2D eigenvalue weighted by Crippen LogP contribution is 2.29. The first-order valence-corrected chi connectivity index (χ1v) is 10.9. The van der Waals surface area contributed by atoms with Crippen molar-refractivity contribution in [3.05, 3.63) is 35.4 Å². The lowest BCUT2D eigenvalue weighted by molar-refractivity contribution is -0.137. The van der Waals surface area contributed by atoms with Crippen LogP contribution in [0.1, 0.15) is 30.4 Å². The van der Waals surface area contributed by atoms with Crippen molar-refractivity contribution in [3.8, 4) is 0 Å². The fraction of sp³-hybridized carbons (Fsp3) is 0.682. The van der Waals surface area contributed by atoms with Crippen molar-refractivity contribution in [3.63, 3.8) is 0 Å². The number of rotatable bonds is 9. The Balaban J connectivity index is 1.30. The molecule has 2 aliphatic rings. The molecule has 0 aromatic heterocycles. The number of guanidine groups is 1. The summed E-state index contributed by atoms with van der Waals surface area (Å²) in [6.45, 7) is 6.29. The predicted molar refractivity (Wildman–Crippen MR) is 114 cm³/mol. The lowest BCUT2D eigenvalue weighted by Gasteiger charge is -2.19. The number of nitrogens with one attached hydrogen (secondary N) is 2. The van der Waals surface area contributed by atoms with Crippen LogP contribution in [0.25, 0.3) is 0 Å². The minimum absolute atomic E-state index is 0.263. The van der Waals surface area contributed by atoms with E-state index in [9.17, 15) is 13.2 Å². The van der Waals surface area contributed by atoms with Gasteiger partial charge in [-0.05, 0) is 37.0 Å². The summed E-state index contributed by atoms with van der Waals surface area (Å²) in [5.74, 6) is 1.31. The number of benzene rings is 1. The normalized spacial score (nSPS) is 22.8. The van der Waals surface area contributed by atoms with Gasteiger partial charge in [-0.15, -0.1) is 0 Å². The van der Waals surface area contributed by atoms with Crippen LogP contribution < -0.4 is 10.6 Å². The summed E-state index contributed by atoms with van der Waals surface area (Å²) in [6, 6.07) is 5.69. The molecule has 0 bridgehead atoms. The van der Waals surface area contributed by atoms with E-state index in [-0.39, 0.29) is 6.04 Å². The van der Waals surface area contributed by atoms with E-state index in [1.165, 1.54) is 0 Å². The van der Waals surface area contributed by atoms with Gasteiger partial charge in [0.25, 0.3) is 0 Å². The third-order valence-electron chi connectivity index (χ3n) is 5.66. The fourth-order valence-corrected chi connectivity index (χ4v) is 3.89. The SMILES string of the molecule is CN=C(NCCCOCC1CCOC1)NC1CCN(Cc2ccc(C(F)(F)F)cc2)C1. The number of hydrogen-bond donors (Lipinski definition) is 2. The molecule has 9 heteroatoms. The number of alkyl halides is 3. The summed E-state index contributed by atoms with van der Waals surface area (Å²) < 4.78 is 49.1. The molecule has 2 aliphatic heterocycles. The van der Waals surface area contributed by atoms with Crippen molar-refractivity contribution in [2.24, 2.45) is 10.9 Å². The fourth-order valence-electron chi connectivity index (χ4n) is 3.89. The van der Waals surface area contributed by atoms with Gasteiger partial charge < -0.3 is 20.1 Å². The molecular formula is C22H33F3N4O2. The molecule has 2 saturated heterocycles. The maximum absolute atomic E-state index is 12.7. The van der Waals surface area contributed by atoms with Crippen LogP contribution in [-0.4, -0.2) is 70.0 Å². The predicted octanol–water partition coefficient (Wildman–Crippen LogP) is 2.89. The summed E-state index contributed by atoms with van der Waals surface area (Å²) in [4.78, 5) is 6.53. The molecule has 6 nitrogen and oxygen atoms in total. The lowest BCUT2D eigenvalue weighted by Crippen LogP contribution is -2.44. The van der Waals surface area contributed by atoms with Gasteiger partial charge in [-0.25, -0.2) is 0 Å². The second-order valence-corrected chi connectivity index (χ2v) is 8.22. The van der Waals surface area contributed by atoms with Crippen LogP contribution in [0, 0.1) is 5.92 Å². The van der Waals surface area contributed by atoms with Gasteiger partial charge in [0.05, 0.1) is 18.8 Å². The molecule has 2 fully saturated rings. The van der Waals surface area contributed by atoms with Gasteiger partial charge >= 0.3 is 6.18 Å². The van der Waals surface area contributed by atoms with E-state index >= 15 is 0 Å². The summed E-state index contributed by atoms with van der Waals surface area (Å²) in [7, 11) is 1.75. The first-order chi connectivity index (χ1) is 14.9. The Morgan fingerprint density at radius 3 is 2.74 bits per heavy atom. The highest BCUT2D eigenvalue weighted by molar-refractivity contribution is 5.79. The number of ether oxygens (including phenoxy) is 2. The molecule has 0 radical (unpaired) electrons. The summed E-state index contributed by atoms with van der Waals surface area (Å²) in [6.07, 6.45) is -1.33. The molecule has 2 heterocycles. The van der Waals surface area contributed by atoms with Gasteiger partial charge in [0.2, 0.25) is 0 Å². The molecule has 0 aliphatic carbocycles. The largest absolute Gasteiger partial charge is 0.416 e. The Kier molecular flexibility index (Phi) is 8.98. The number of likely N-dealkylation sites (tertiary alicyclic amines) is 1. The molecule has 2 atom stereocenters. The topological polar surface area (TPSA) is 58.1 Å². The molecule has 2 unspecified atom stereocenters. The van der Waals surface area contributed by atoms with Crippen molar-refractivity contribution in [2.75, 3.05) is 53.1 Å². The Morgan fingerprint density at radius 2 is 2.06 bits per heavy atom. The zero-order chi connectivity index (χ0) is 22.1. The molecular weight excluding hydrogens is 409 g/mol. The van der Waals surface area contributed by atoms with E-state index < -0.39 is 11.7 Å². The Hall–Kier alpha value is -1.84. The van der Waals surface area contributed by atoms with Crippen LogP contribution in [0.2, 0.25) is 0 Å². The molecule has 0 spiro atoms. The number of nitrogens with zero attached hydrogens (tertiary/aromatic N) is 2. The van der Waals surface area contributed by atoms with Crippen molar-refractivity contribution in [2.45, 2.75) is 38.0 Å². The highest BCUT2D eigenvalue weighted by Gasteiger charge is 2.30. The smallest absolute Gasteiger partial charge is 0.381 e. The highest BCUT2D eigenvalue weighted by atomic mass is 19.4. The van der Waals surface area contributed by atoms with Gasteiger partial charge in [-0.3, -0.25) is 9.89 Å². The average Bonchev–Trinajstić information content (AvgIpc) is 3.41. The van der Waals surface area contributed by atoms with Crippen LogP contribution in [0.4, 0.5) is 13.2 Å². The maximum atomic E-state index is 12.7. The van der Waals surface area contributed by atoms with Gasteiger partial charge in [0.1, 0.15) is 0 Å². The van der Waals surface area contributed by atoms with Crippen molar-refractivity contribution < 1.29 is 22.6 Å². The minimum atomic E-state index is -4.29. The van der Waals surface area contributed by atoms with Crippen LogP contribution in [0.3, 0.4) is 0 Å². The van der Waals surface area contributed by atoms with Gasteiger partial charge in [0, 0.05) is 58.4 Å². The zero-order valence-corrected chi connectivity index (χ0v) is 18.1. The minimum Gasteiger partial charge on any atom is -0.381 e. The zero-order valence-electron chi connectivity index (χ0n) is 18.1. The maximum Gasteiger partial charge on any atom is 0.416 e. The molecule has 0 amide bonds. The Labute approximate surface area is 182 Å². The molecule has 31 heavy (non-hydrogen) atoms. The summed E-state index contributed by atoms with van der Waals surface area (Å²) in [5, 5.41) is 6.76. The van der Waals surface area contributed by atoms with Crippen molar-refractivity contribution in [1.82, 2.24) is 15.5 Å². The van der Waals surface area contributed by atoms with Gasteiger partial charge in [0.15, 0.2) is 5.96 Å². The van der Waals surface area contributed by atoms with E-state index in [4.69, 9.17) is 9.47 Å². The number of halogens is 3. The van der Waals surface area contributed by atoms with Crippen molar-refractivity contribution >= 4 is 5.96 Å². The van der Waals surface area contributed by atoms with Crippen LogP contribution in [-0.2, 0) is 22.2 Å². The molecule has 0 saturated carbocycles. The molecule has 1 aromatic carbocycles.